The SMILES string of the molecule is CC(C)Nc1cc2c(cc1N)OCCO2. The van der Waals surface area contributed by atoms with E-state index in [0.29, 0.717) is 24.9 Å². The van der Waals surface area contributed by atoms with Crippen LogP contribution in [0.3, 0.4) is 0 Å². The molecule has 82 valence electrons. The molecule has 0 spiro atoms. The van der Waals surface area contributed by atoms with E-state index in [4.69, 9.17) is 15.2 Å². The first-order valence-corrected chi connectivity index (χ1v) is 5.12. The van der Waals surface area contributed by atoms with Gasteiger partial charge in [0.05, 0.1) is 11.4 Å². The van der Waals surface area contributed by atoms with Crippen molar-refractivity contribution in [3.63, 3.8) is 0 Å². The maximum Gasteiger partial charge on any atom is 0.163 e. The predicted molar refractivity (Wildman–Crippen MR) is 60.6 cm³/mol. The number of nitrogens with two attached hydrogens (primary N) is 1. The zero-order chi connectivity index (χ0) is 10.8. The topological polar surface area (TPSA) is 56.5 Å². The summed E-state index contributed by atoms with van der Waals surface area (Å²) in [6.45, 7) is 5.31. The molecule has 4 nitrogen and oxygen atoms in total. The number of anilines is 2. The molecular weight excluding hydrogens is 192 g/mol. The van der Waals surface area contributed by atoms with Crippen LogP contribution in [0, 0.1) is 0 Å². The molecule has 0 unspecified atom stereocenters. The average molecular weight is 208 g/mol. The second kappa shape index (κ2) is 3.88. The number of hydrogen-bond acceptors (Lipinski definition) is 4. The Hall–Kier alpha value is -1.58. The van der Waals surface area contributed by atoms with Gasteiger partial charge in [0.1, 0.15) is 13.2 Å². The van der Waals surface area contributed by atoms with Crippen molar-refractivity contribution in [3.8, 4) is 11.5 Å². The van der Waals surface area contributed by atoms with Gasteiger partial charge in [0.2, 0.25) is 0 Å². The molecule has 0 radical (unpaired) electrons. The van der Waals surface area contributed by atoms with Crippen molar-refractivity contribution in [2.75, 3.05) is 24.3 Å². The minimum absolute atomic E-state index is 0.342. The summed E-state index contributed by atoms with van der Waals surface area (Å²) >= 11 is 0. The molecule has 0 aliphatic carbocycles. The van der Waals surface area contributed by atoms with Crippen LogP contribution in [0.5, 0.6) is 11.5 Å². The third-order valence-electron chi connectivity index (χ3n) is 2.16. The van der Waals surface area contributed by atoms with Gasteiger partial charge in [-0.15, -0.1) is 0 Å². The molecule has 1 aromatic carbocycles. The van der Waals surface area contributed by atoms with Gasteiger partial charge < -0.3 is 20.5 Å². The van der Waals surface area contributed by atoms with E-state index in [1.807, 2.05) is 6.07 Å². The average Bonchev–Trinajstić information content (AvgIpc) is 2.18. The fourth-order valence-electron chi connectivity index (χ4n) is 1.54. The lowest BCUT2D eigenvalue weighted by molar-refractivity contribution is 0.172. The lowest BCUT2D eigenvalue weighted by atomic mass is 10.2. The van der Waals surface area contributed by atoms with Gasteiger partial charge in [0.15, 0.2) is 11.5 Å². The Morgan fingerprint density at radius 2 is 1.80 bits per heavy atom. The fraction of sp³-hybridized carbons (Fsp3) is 0.455. The lowest BCUT2D eigenvalue weighted by Gasteiger charge is -2.21. The number of nitrogen functional groups attached to an aromatic ring is 1. The first kappa shape index (κ1) is 9.96. The Labute approximate surface area is 89.4 Å². The monoisotopic (exact) mass is 208 g/mol. The maximum absolute atomic E-state index is 5.89. The Bertz CT molecular complexity index is 364. The van der Waals surface area contributed by atoms with E-state index in [-0.39, 0.29) is 0 Å². The molecule has 0 atom stereocenters. The summed E-state index contributed by atoms with van der Waals surface area (Å²) in [5.74, 6) is 1.49. The van der Waals surface area contributed by atoms with Crippen LogP contribution >= 0.6 is 0 Å². The third kappa shape index (κ3) is 2.09. The van der Waals surface area contributed by atoms with Crippen LogP contribution in [0.25, 0.3) is 0 Å². The van der Waals surface area contributed by atoms with E-state index in [9.17, 15) is 0 Å². The molecule has 0 amide bonds. The van der Waals surface area contributed by atoms with Gasteiger partial charge in [0, 0.05) is 18.2 Å². The highest BCUT2D eigenvalue weighted by Gasteiger charge is 2.14. The highest BCUT2D eigenvalue weighted by atomic mass is 16.6. The highest BCUT2D eigenvalue weighted by molar-refractivity contribution is 5.72. The van der Waals surface area contributed by atoms with Crippen LogP contribution < -0.4 is 20.5 Å². The molecule has 1 aromatic rings. The molecule has 0 saturated heterocycles. The van der Waals surface area contributed by atoms with E-state index >= 15 is 0 Å². The summed E-state index contributed by atoms with van der Waals surface area (Å²) in [4.78, 5) is 0. The molecule has 0 aromatic heterocycles. The molecule has 1 aliphatic rings. The van der Waals surface area contributed by atoms with Crippen molar-refractivity contribution in [2.24, 2.45) is 0 Å². The van der Waals surface area contributed by atoms with Gasteiger partial charge >= 0.3 is 0 Å². The Morgan fingerprint density at radius 3 is 2.40 bits per heavy atom. The molecule has 1 heterocycles. The number of nitrogens with one attached hydrogen (secondary N) is 1. The second-order valence-corrected chi connectivity index (χ2v) is 3.88. The van der Waals surface area contributed by atoms with E-state index in [1.165, 1.54) is 0 Å². The summed E-state index contributed by atoms with van der Waals surface area (Å²) in [6.07, 6.45) is 0. The van der Waals surface area contributed by atoms with Gasteiger partial charge in [-0.05, 0) is 13.8 Å². The van der Waals surface area contributed by atoms with Crippen LogP contribution in [0.1, 0.15) is 13.8 Å². The van der Waals surface area contributed by atoms with Gasteiger partial charge in [-0.1, -0.05) is 0 Å². The highest BCUT2D eigenvalue weighted by Crippen LogP contribution is 2.37. The Kier molecular flexibility index (Phi) is 2.58. The van der Waals surface area contributed by atoms with Crippen molar-refractivity contribution < 1.29 is 9.47 Å². The van der Waals surface area contributed by atoms with Crippen molar-refractivity contribution in [1.29, 1.82) is 0 Å². The predicted octanol–water partition coefficient (Wildman–Crippen LogP) is 1.86. The first-order valence-electron chi connectivity index (χ1n) is 5.12. The maximum atomic E-state index is 5.89. The Morgan fingerprint density at radius 1 is 1.20 bits per heavy atom. The van der Waals surface area contributed by atoms with Crippen molar-refractivity contribution in [3.05, 3.63) is 12.1 Å². The number of ether oxygens (including phenoxy) is 2. The van der Waals surface area contributed by atoms with Gasteiger partial charge in [-0.25, -0.2) is 0 Å². The minimum Gasteiger partial charge on any atom is -0.486 e. The molecule has 2 rings (SSSR count). The van der Waals surface area contributed by atoms with Crippen LogP contribution in [-0.4, -0.2) is 19.3 Å². The molecule has 0 fully saturated rings. The fourth-order valence-corrected chi connectivity index (χ4v) is 1.54. The molecular formula is C11H16N2O2. The number of benzene rings is 1. The first-order chi connectivity index (χ1) is 7.16. The molecule has 1 aliphatic heterocycles. The largest absolute Gasteiger partial charge is 0.486 e. The van der Waals surface area contributed by atoms with E-state index in [2.05, 4.69) is 19.2 Å². The minimum atomic E-state index is 0.342. The van der Waals surface area contributed by atoms with Crippen LogP contribution in [-0.2, 0) is 0 Å². The lowest BCUT2D eigenvalue weighted by Crippen LogP contribution is -2.17. The summed E-state index contributed by atoms with van der Waals surface area (Å²) in [5.41, 5.74) is 7.48. The van der Waals surface area contributed by atoms with E-state index in [1.54, 1.807) is 6.07 Å². The van der Waals surface area contributed by atoms with Crippen molar-refractivity contribution >= 4 is 11.4 Å². The number of hydrogen-bond donors (Lipinski definition) is 2. The zero-order valence-electron chi connectivity index (χ0n) is 9.04. The summed E-state index contributed by atoms with van der Waals surface area (Å²) in [6, 6.07) is 4.04. The van der Waals surface area contributed by atoms with E-state index < -0.39 is 0 Å². The second-order valence-electron chi connectivity index (χ2n) is 3.88. The summed E-state index contributed by atoms with van der Waals surface area (Å²) < 4.78 is 10.9. The van der Waals surface area contributed by atoms with Gasteiger partial charge in [-0.3, -0.25) is 0 Å². The van der Waals surface area contributed by atoms with Crippen LogP contribution in [0.2, 0.25) is 0 Å². The van der Waals surface area contributed by atoms with E-state index in [0.717, 1.165) is 17.2 Å². The number of rotatable bonds is 2. The molecule has 15 heavy (non-hydrogen) atoms. The molecule has 4 heteroatoms. The smallest absolute Gasteiger partial charge is 0.163 e. The molecule has 0 saturated carbocycles. The summed E-state index contributed by atoms with van der Waals surface area (Å²) in [5, 5.41) is 3.26. The normalized spacial score (nSPS) is 14.1. The standard InChI is InChI=1S/C11H16N2O2/c1-7(2)13-9-6-11-10(5-8(9)12)14-3-4-15-11/h5-7,13H,3-4,12H2,1-2H3. The van der Waals surface area contributed by atoms with Crippen LogP contribution in [0.4, 0.5) is 11.4 Å². The quantitative estimate of drug-likeness (QED) is 0.728. The van der Waals surface area contributed by atoms with Crippen molar-refractivity contribution in [2.45, 2.75) is 19.9 Å². The van der Waals surface area contributed by atoms with Crippen LogP contribution in [0.15, 0.2) is 12.1 Å². The zero-order valence-corrected chi connectivity index (χ0v) is 9.04. The Balaban J connectivity index is 2.32. The third-order valence-corrected chi connectivity index (χ3v) is 2.16. The molecule has 0 bridgehead atoms. The summed E-state index contributed by atoms with van der Waals surface area (Å²) in [7, 11) is 0. The van der Waals surface area contributed by atoms with Gasteiger partial charge in [0.25, 0.3) is 0 Å². The molecule has 3 N–H and O–H groups in total. The number of fused-ring (bicyclic) bond motifs is 1. The van der Waals surface area contributed by atoms with Gasteiger partial charge in [-0.2, -0.15) is 0 Å². The van der Waals surface area contributed by atoms with Crippen molar-refractivity contribution in [1.82, 2.24) is 0 Å².